The third-order valence-corrected chi connectivity index (χ3v) is 3.62. The first-order valence-corrected chi connectivity index (χ1v) is 6.68. The van der Waals surface area contributed by atoms with E-state index in [2.05, 4.69) is 6.07 Å². The van der Waals surface area contributed by atoms with E-state index in [0.717, 1.165) is 56.0 Å². The summed E-state index contributed by atoms with van der Waals surface area (Å²) in [6.45, 7) is 3.18. The molecule has 0 spiro atoms. The summed E-state index contributed by atoms with van der Waals surface area (Å²) in [5, 5.41) is 0. The minimum atomic E-state index is 0.186. The van der Waals surface area contributed by atoms with Gasteiger partial charge in [-0.3, -0.25) is 4.79 Å². The SMILES string of the molecule is CC(=O)Cc1c2c(cc3c1OCCC3)OCCC2. The molecular weight excluding hydrogens is 228 g/mol. The highest BCUT2D eigenvalue weighted by molar-refractivity contribution is 5.80. The number of rotatable bonds is 2. The Hall–Kier alpha value is -1.51. The second kappa shape index (κ2) is 4.63. The lowest BCUT2D eigenvalue weighted by atomic mass is 9.91. The lowest BCUT2D eigenvalue weighted by molar-refractivity contribution is -0.116. The predicted molar refractivity (Wildman–Crippen MR) is 68.5 cm³/mol. The van der Waals surface area contributed by atoms with Crippen molar-refractivity contribution < 1.29 is 14.3 Å². The van der Waals surface area contributed by atoms with Crippen molar-refractivity contribution in [2.24, 2.45) is 0 Å². The Kier molecular flexibility index (Phi) is 2.98. The van der Waals surface area contributed by atoms with Crippen molar-refractivity contribution in [2.45, 2.75) is 39.0 Å². The molecule has 2 aliphatic rings. The minimum absolute atomic E-state index is 0.186. The summed E-state index contributed by atoms with van der Waals surface area (Å²) in [7, 11) is 0. The molecule has 3 nitrogen and oxygen atoms in total. The smallest absolute Gasteiger partial charge is 0.134 e. The van der Waals surface area contributed by atoms with E-state index in [1.807, 2.05) is 0 Å². The summed E-state index contributed by atoms with van der Waals surface area (Å²) >= 11 is 0. The number of aryl methyl sites for hydroxylation is 1. The van der Waals surface area contributed by atoms with Crippen molar-refractivity contribution in [3.8, 4) is 11.5 Å². The molecular formula is C15H18O3. The van der Waals surface area contributed by atoms with Gasteiger partial charge in [-0.1, -0.05) is 0 Å². The van der Waals surface area contributed by atoms with E-state index < -0.39 is 0 Å². The fraction of sp³-hybridized carbons (Fsp3) is 0.533. The van der Waals surface area contributed by atoms with Crippen LogP contribution in [0.3, 0.4) is 0 Å². The first-order chi connectivity index (χ1) is 8.75. The van der Waals surface area contributed by atoms with Gasteiger partial charge in [0.25, 0.3) is 0 Å². The third kappa shape index (κ3) is 1.98. The van der Waals surface area contributed by atoms with Gasteiger partial charge in [-0.2, -0.15) is 0 Å². The number of ether oxygens (including phenoxy) is 2. The molecule has 0 atom stereocenters. The highest BCUT2D eigenvalue weighted by atomic mass is 16.5. The van der Waals surface area contributed by atoms with Crippen LogP contribution in [0.25, 0.3) is 0 Å². The van der Waals surface area contributed by atoms with Crippen molar-refractivity contribution in [3.63, 3.8) is 0 Å². The van der Waals surface area contributed by atoms with Crippen molar-refractivity contribution in [1.29, 1.82) is 0 Å². The lowest BCUT2D eigenvalue weighted by Crippen LogP contribution is -2.18. The maximum atomic E-state index is 11.5. The van der Waals surface area contributed by atoms with Gasteiger partial charge in [0.1, 0.15) is 17.3 Å². The van der Waals surface area contributed by atoms with Crippen molar-refractivity contribution in [3.05, 3.63) is 22.8 Å². The Labute approximate surface area is 107 Å². The van der Waals surface area contributed by atoms with Crippen LogP contribution in [0.5, 0.6) is 11.5 Å². The van der Waals surface area contributed by atoms with Crippen LogP contribution in [0, 0.1) is 0 Å². The van der Waals surface area contributed by atoms with Crippen molar-refractivity contribution >= 4 is 5.78 Å². The molecule has 0 aromatic heterocycles. The standard InChI is InChI=1S/C15H18O3/c1-10(16)8-13-12-5-3-6-17-14(12)9-11-4-2-7-18-15(11)13/h9H,2-8H2,1H3. The second-order valence-electron chi connectivity index (χ2n) is 5.10. The molecule has 0 unspecified atom stereocenters. The summed E-state index contributed by atoms with van der Waals surface area (Å²) in [5.74, 6) is 2.12. The molecule has 2 aliphatic heterocycles. The number of hydrogen-bond donors (Lipinski definition) is 0. The van der Waals surface area contributed by atoms with Crippen LogP contribution in [-0.2, 0) is 24.1 Å². The van der Waals surface area contributed by atoms with Gasteiger partial charge in [-0.15, -0.1) is 0 Å². The second-order valence-corrected chi connectivity index (χ2v) is 5.10. The highest BCUT2D eigenvalue weighted by Gasteiger charge is 2.24. The van der Waals surface area contributed by atoms with Gasteiger partial charge in [0.2, 0.25) is 0 Å². The molecule has 0 saturated heterocycles. The molecule has 0 fully saturated rings. The van der Waals surface area contributed by atoms with E-state index in [1.165, 1.54) is 11.1 Å². The Balaban J connectivity index is 2.13. The van der Waals surface area contributed by atoms with Gasteiger partial charge in [0, 0.05) is 17.5 Å². The summed E-state index contributed by atoms with van der Waals surface area (Å²) in [6.07, 6.45) is 4.56. The topological polar surface area (TPSA) is 35.5 Å². The molecule has 3 rings (SSSR count). The lowest BCUT2D eigenvalue weighted by Gasteiger charge is -2.27. The Bertz CT molecular complexity index is 457. The van der Waals surface area contributed by atoms with Gasteiger partial charge >= 0.3 is 0 Å². The molecule has 0 N–H and O–H groups in total. The van der Waals surface area contributed by atoms with E-state index in [1.54, 1.807) is 6.92 Å². The van der Waals surface area contributed by atoms with Gasteiger partial charge in [-0.25, -0.2) is 0 Å². The zero-order valence-corrected chi connectivity index (χ0v) is 10.8. The minimum Gasteiger partial charge on any atom is -0.493 e. The van der Waals surface area contributed by atoms with Crippen molar-refractivity contribution in [2.75, 3.05) is 13.2 Å². The fourth-order valence-electron chi connectivity index (χ4n) is 2.86. The summed E-state index contributed by atoms with van der Waals surface area (Å²) < 4.78 is 11.6. The van der Waals surface area contributed by atoms with Gasteiger partial charge in [0.15, 0.2) is 0 Å². The number of benzene rings is 1. The Morgan fingerprint density at radius 3 is 2.83 bits per heavy atom. The maximum absolute atomic E-state index is 11.5. The molecule has 0 amide bonds. The monoisotopic (exact) mass is 246 g/mol. The number of ketones is 1. The maximum Gasteiger partial charge on any atom is 0.134 e. The number of Topliss-reactive ketones (excluding diaryl/α,β-unsaturated/α-hetero) is 1. The predicted octanol–water partition coefficient (Wildman–Crippen LogP) is 2.47. The average molecular weight is 246 g/mol. The molecule has 0 bridgehead atoms. The van der Waals surface area contributed by atoms with E-state index >= 15 is 0 Å². The van der Waals surface area contributed by atoms with Gasteiger partial charge in [0.05, 0.1) is 13.2 Å². The molecule has 0 radical (unpaired) electrons. The van der Waals surface area contributed by atoms with Crippen LogP contribution in [0.1, 0.15) is 36.5 Å². The molecule has 18 heavy (non-hydrogen) atoms. The number of hydrogen-bond acceptors (Lipinski definition) is 3. The van der Waals surface area contributed by atoms with Gasteiger partial charge in [-0.05, 0) is 44.2 Å². The zero-order chi connectivity index (χ0) is 12.5. The quantitative estimate of drug-likeness (QED) is 0.804. The average Bonchev–Trinajstić information content (AvgIpc) is 2.38. The highest BCUT2D eigenvalue weighted by Crippen LogP contribution is 2.39. The van der Waals surface area contributed by atoms with Crippen LogP contribution in [0.15, 0.2) is 6.07 Å². The molecule has 1 aromatic carbocycles. The zero-order valence-electron chi connectivity index (χ0n) is 10.8. The van der Waals surface area contributed by atoms with E-state index in [9.17, 15) is 4.79 Å². The number of carbonyl (C=O) groups excluding carboxylic acids is 1. The molecule has 0 aliphatic carbocycles. The molecule has 96 valence electrons. The van der Waals surface area contributed by atoms with Crippen LogP contribution < -0.4 is 9.47 Å². The third-order valence-electron chi connectivity index (χ3n) is 3.62. The first-order valence-electron chi connectivity index (χ1n) is 6.68. The summed E-state index contributed by atoms with van der Waals surface area (Å²) in [4.78, 5) is 11.5. The van der Waals surface area contributed by atoms with Gasteiger partial charge < -0.3 is 9.47 Å². The Morgan fingerprint density at radius 2 is 2.00 bits per heavy atom. The molecule has 2 heterocycles. The number of fused-ring (bicyclic) bond motifs is 2. The van der Waals surface area contributed by atoms with Crippen LogP contribution >= 0.6 is 0 Å². The largest absolute Gasteiger partial charge is 0.493 e. The van der Waals surface area contributed by atoms with Crippen LogP contribution in [0.2, 0.25) is 0 Å². The summed E-state index contributed by atoms with van der Waals surface area (Å²) in [6, 6.07) is 2.12. The summed E-state index contributed by atoms with van der Waals surface area (Å²) in [5.41, 5.74) is 3.48. The van der Waals surface area contributed by atoms with E-state index in [-0.39, 0.29) is 5.78 Å². The molecule has 3 heteroatoms. The molecule has 1 aromatic rings. The first kappa shape index (κ1) is 11.6. The fourth-order valence-corrected chi connectivity index (χ4v) is 2.86. The normalized spacial score (nSPS) is 17.2. The molecule has 0 saturated carbocycles. The van der Waals surface area contributed by atoms with Crippen LogP contribution in [-0.4, -0.2) is 19.0 Å². The number of carbonyl (C=O) groups is 1. The van der Waals surface area contributed by atoms with E-state index in [4.69, 9.17) is 9.47 Å². The Morgan fingerprint density at radius 1 is 1.22 bits per heavy atom. The van der Waals surface area contributed by atoms with Crippen molar-refractivity contribution in [1.82, 2.24) is 0 Å². The van der Waals surface area contributed by atoms with E-state index in [0.29, 0.717) is 6.42 Å². The van der Waals surface area contributed by atoms with Crippen LogP contribution in [0.4, 0.5) is 0 Å².